The highest BCUT2D eigenvalue weighted by Crippen LogP contribution is 2.29. The van der Waals surface area contributed by atoms with Crippen molar-refractivity contribution in [2.45, 2.75) is 46.1 Å². The van der Waals surface area contributed by atoms with Gasteiger partial charge in [0, 0.05) is 13.1 Å². The molecule has 0 aliphatic carbocycles. The van der Waals surface area contributed by atoms with Gasteiger partial charge in [-0.3, -0.25) is 9.69 Å². The van der Waals surface area contributed by atoms with E-state index in [0.717, 1.165) is 0 Å². The first kappa shape index (κ1) is 17.9. The molecule has 122 valence electrons. The van der Waals surface area contributed by atoms with Crippen LogP contribution in [0, 0.1) is 5.92 Å². The number of nitrogens with zero attached hydrogens (tertiary/aromatic N) is 1. The maximum absolute atomic E-state index is 12.5. The Morgan fingerprint density at radius 3 is 2.33 bits per heavy atom. The van der Waals surface area contributed by atoms with Crippen LogP contribution < -0.4 is 10.0 Å². The zero-order chi connectivity index (χ0) is 16.3. The smallest absolute Gasteiger partial charge is 0.323 e. The largest absolute Gasteiger partial charge is 0.325 e. The Labute approximate surface area is 126 Å². The minimum absolute atomic E-state index is 0.00236. The van der Waals surface area contributed by atoms with Gasteiger partial charge in [0.15, 0.2) is 0 Å². The first-order chi connectivity index (χ1) is 9.70. The van der Waals surface area contributed by atoms with Crippen LogP contribution in [-0.2, 0) is 14.8 Å². The summed E-state index contributed by atoms with van der Waals surface area (Å²) in [5.74, 6) is -0.200. The Hall–Kier alpha value is -1.15. The van der Waals surface area contributed by atoms with Gasteiger partial charge in [-0.15, -0.1) is 0 Å². The number of carbonyl (C=O) groups is 2. The summed E-state index contributed by atoms with van der Waals surface area (Å²) in [7, 11) is -3.24. The summed E-state index contributed by atoms with van der Waals surface area (Å²) in [5, 5.41) is 2.78. The summed E-state index contributed by atoms with van der Waals surface area (Å²) in [6, 6.07) is -0.395. The Bertz CT molecular complexity index is 504. The molecule has 2 N–H and O–H groups in total. The van der Waals surface area contributed by atoms with E-state index in [1.807, 2.05) is 20.8 Å². The van der Waals surface area contributed by atoms with E-state index in [1.54, 1.807) is 6.92 Å². The van der Waals surface area contributed by atoms with Gasteiger partial charge in [0.1, 0.15) is 5.54 Å². The van der Waals surface area contributed by atoms with Gasteiger partial charge in [0.05, 0.1) is 5.75 Å². The fourth-order valence-corrected chi connectivity index (χ4v) is 3.11. The number of amides is 3. The number of hydrogen-bond donors (Lipinski definition) is 2. The van der Waals surface area contributed by atoms with Crippen molar-refractivity contribution >= 4 is 22.0 Å². The minimum atomic E-state index is -3.24. The second-order valence-corrected chi connectivity index (χ2v) is 7.61. The zero-order valence-corrected chi connectivity index (χ0v) is 13.9. The average Bonchev–Trinajstić information content (AvgIpc) is 2.67. The van der Waals surface area contributed by atoms with Crippen LogP contribution in [0.5, 0.6) is 0 Å². The summed E-state index contributed by atoms with van der Waals surface area (Å²) >= 11 is 0. The highest BCUT2D eigenvalue weighted by Gasteiger charge is 2.51. The van der Waals surface area contributed by atoms with Crippen molar-refractivity contribution < 1.29 is 18.0 Å². The van der Waals surface area contributed by atoms with E-state index in [-0.39, 0.29) is 30.7 Å². The molecule has 7 nitrogen and oxygen atoms in total. The number of urea groups is 1. The number of imide groups is 1. The molecule has 1 aliphatic heterocycles. The van der Waals surface area contributed by atoms with E-state index in [0.29, 0.717) is 12.8 Å². The van der Waals surface area contributed by atoms with E-state index in [4.69, 9.17) is 0 Å². The van der Waals surface area contributed by atoms with Gasteiger partial charge in [-0.2, -0.15) is 0 Å². The molecule has 1 saturated heterocycles. The highest BCUT2D eigenvalue weighted by molar-refractivity contribution is 7.89. The number of carbonyl (C=O) groups excluding carboxylic acids is 2. The third kappa shape index (κ3) is 3.74. The summed E-state index contributed by atoms with van der Waals surface area (Å²) in [5.41, 5.74) is -0.833. The molecule has 21 heavy (non-hydrogen) atoms. The van der Waals surface area contributed by atoms with Gasteiger partial charge < -0.3 is 5.32 Å². The van der Waals surface area contributed by atoms with Gasteiger partial charge >= 0.3 is 6.03 Å². The molecule has 0 radical (unpaired) electrons. The van der Waals surface area contributed by atoms with Gasteiger partial charge in [-0.25, -0.2) is 17.9 Å². The fraction of sp³-hybridized carbons (Fsp3) is 0.846. The Morgan fingerprint density at radius 2 is 1.90 bits per heavy atom. The van der Waals surface area contributed by atoms with E-state index in [2.05, 4.69) is 10.0 Å². The highest BCUT2D eigenvalue weighted by atomic mass is 32.2. The van der Waals surface area contributed by atoms with Crippen LogP contribution >= 0.6 is 0 Å². The molecule has 1 heterocycles. The molecule has 1 rings (SSSR count). The number of sulfonamides is 1. The van der Waals surface area contributed by atoms with Crippen molar-refractivity contribution in [2.75, 3.05) is 18.8 Å². The van der Waals surface area contributed by atoms with Gasteiger partial charge in [0.2, 0.25) is 10.0 Å². The predicted octanol–water partition coefficient (Wildman–Crippen LogP) is 0.672. The lowest BCUT2D eigenvalue weighted by molar-refractivity contribution is -0.133. The van der Waals surface area contributed by atoms with Crippen LogP contribution in [0.2, 0.25) is 0 Å². The molecular formula is C13H25N3O4S. The van der Waals surface area contributed by atoms with E-state index < -0.39 is 21.6 Å². The molecule has 0 aromatic heterocycles. The third-order valence-corrected chi connectivity index (χ3v) is 5.41. The lowest BCUT2D eigenvalue weighted by Crippen LogP contribution is -2.51. The second-order valence-electron chi connectivity index (χ2n) is 5.52. The Morgan fingerprint density at radius 1 is 1.29 bits per heavy atom. The van der Waals surface area contributed by atoms with Crippen molar-refractivity contribution in [1.82, 2.24) is 14.9 Å². The lowest BCUT2D eigenvalue weighted by Gasteiger charge is -2.29. The summed E-state index contributed by atoms with van der Waals surface area (Å²) in [4.78, 5) is 25.6. The van der Waals surface area contributed by atoms with Crippen LogP contribution in [0.25, 0.3) is 0 Å². The van der Waals surface area contributed by atoms with Crippen molar-refractivity contribution in [3.63, 3.8) is 0 Å². The molecule has 0 aromatic rings. The monoisotopic (exact) mass is 319 g/mol. The first-order valence-electron chi connectivity index (χ1n) is 7.31. The van der Waals surface area contributed by atoms with Gasteiger partial charge in [-0.05, 0) is 25.7 Å². The van der Waals surface area contributed by atoms with Crippen LogP contribution in [0.1, 0.15) is 40.5 Å². The van der Waals surface area contributed by atoms with Crippen molar-refractivity contribution in [2.24, 2.45) is 5.92 Å². The SMILES string of the molecule is CC[C@]1(C(C)C)NC(=O)N(CCCNS(=O)(=O)CC)C1=O. The van der Waals surface area contributed by atoms with Crippen LogP contribution in [0.15, 0.2) is 0 Å². The molecule has 8 heteroatoms. The molecule has 1 fully saturated rings. The average molecular weight is 319 g/mol. The quantitative estimate of drug-likeness (QED) is 0.508. The third-order valence-electron chi connectivity index (χ3n) is 4.01. The molecule has 0 saturated carbocycles. The van der Waals surface area contributed by atoms with E-state index in [1.165, 1.54) is 4.90 Å². The zero-order valence-electron chi connectivity index (χ0n) is 13.1. The molecule has 0 spiro atoms. The molecule has 1 atom stereocenters. The molecule has 0 unspecified atom stereocenters. The summed E-state index contributed by atoms with van der Waals surface area (Å²) in [6.45, 7) is 7.66. The molecule has 3 amide bonds. The normalized spacial score (nSPS) is 23.0. The Balaban J connectivity index is 2.61. The number of nitrogens with one attached hydrogen (secondary N) is 2. The van der Waals surface area contributed by atoms with Crippen LogP contribution in [0.3, 0.4) is 0 Å². The molecular weight excluding hydrogens is 294 g/mol. The van der Waals surface area contributed by atoms with Crippen molar-refractivity contribution in [3.05, 3.63) is 0 Å². The molecule has 1 aliphatic rings. The van der Waals surface area contributed by atoms with Crippen LogP contribution in [0.4, 0.5) is 4.79 Å². The molecule has 0 aromatic carbocycles. The van der Waals surface area contributed by atoms with Crippen molar-refractivity contribution in [3.8, 4) is 0 Å². The van der Waals surface area contributed by atoms with E-state index in [9.17, 15) is 18.0 Å². The summed E-state index contributed by atoms with van der Waals surface area (Å²) < 4.78 is 25.0. The maximum Gasteiger partial charge on any atom is 0.325 e. The number of rotatable bonds is 8. The van der Waals surface area contributed by atoms with Gasteiger partial charge in [-0.1, -0.05) is 20.8 Å². The minimum Gasteiger partial charge on any atom is -0.323 e. The second kappa shape index (κ2) is 6.74. The first-order valence-corrected chi connectivity index (χ1v) is 8.96. The van der Waals surface area contributed by atoms with Crippen molar-refractivity contribution in [1.29, 1.82) is 0 Å². The molecule has 0 bridgehead atoms. The van der Waals surface area contributed by atoms with Gasteiger partial charge in [0.25, 0.3) is 5.91 Å². The maximum atomic E-state index is 12.5. The number of hydrogen-bond acceptors (Lipinski definition) is 4. The fourth-order valence-electron chi connectivity index (χ4n) is 2.45. The lowest BCUT2D eigenvalue weighted by atomic mass is 9.84. The predicted molar refractivity (Wildman–Crippen MR) is 80.2 cm³/mol. The summed E-state index contributed by atoms with van der Waals surface area (Å²) in [6.07, 6.45) is 0.935. The topological polar surface area (TPSA) is 95.6 Å². The standard InChI is InChI=1S/C13H25N3O4S/c1-5-13(10(3)4)11(17)16(12(18)15-13)9-7-8-14-21(19,20)6-2/h10,14H,5-9H2,1-4H3,(H,15,18)/t13-/m1/s1. The van der Waals surface area contributed by atoms with Crippen LogP contribution in [-0.4, -0.2) is 49.6 Å². The Kier molecular flexibility index (Phi) is 5.75. The van der Waals surface area contributed by atoms with E-state index >= 15 is 0 Å².